The van der Waals surface area contributed by atoms with Gasteiger partial charge in [-0.2, -0.15) is 0 Å². The molecule has 0 aromatic rings. The molecule has 16 heavy (non-hydrogen) atoms. The lowest BCUT2D eigenvalue weighted by molar-refractivity contribution is -0.137. The van der Waals surface area contributed by atoms with Crippen LogP contribution in [0.5, 0.6) is 0 Å². The van der Waals surface area contributed by atoms with Gasteiger partial charge >= 0.3 is 0 Å². The highest BCUT2D eigenvalue weighted by atomic mass is 16.5. The minimum Gasteiger partial charge on any atom is -0.389 e. The van der Waals surface area contributed by atoms with Crippen LogP contribution in [0.4, 0.5) is 0 Å². The molecule has 0 aliphatic rings. The van der Waals surface area contributed by atoms with Crippen molar-refractivity contribution in [2.24, 2.45) is 5.73 Å². The smallest absolute Gasteiger partial charge is 0.151 e. The monoisotopic (exact) mass is 237 g/mol. The summed E-state index contributed by atoms with van der Waals surface area (Å²) >= 11 is 0. The van der Waals surface area contributed by atoms with E-state index in [0.717, 1.165) is 0 Å². The first-order valence-electron chi connectivity index (χ1n) is 4.82. The quantitative estimate of drug-likeness (QED) is 0.298. The first kappa shape index (κ1) is 15.4. The molecule has 0 aliphatic heterocycles. The van der Waals surface area contributed by atoms with Gasteiger partial charge in [0, 0.05) is 7.11 Å². The normalized spacial score (nSPS) is 22.9. The van der Waals surface area contributed by atoms with Crippen molar-refractivity contribution >= 4 is 6.29 Å². The molecule has 0 fully saturated rings. The fourth-order valence-corrected chi connectivity index (χ4v) is 1.15. The molecule has 6 atom stereocenters. The SMILES string of the molecule is CO[C@H](C)[C@@H](N)[C@@H](O)[C@H](O)[C@H](O)[C@@H](O)C=O. The van der Waals surface area contributed by atoms with E-state index in [0.29, 0.717) is 0 Å². The van der Waals surface area contributed by atoms with Crippen molar-refractivity contribution in [1.82, 2.24) is 0 Å². The number of ether oxygens (including phenoxy) is 1. The lowest BCUT2D eigenvalue weighted by Gasteiger charge is -2.30. The maximum Gasteiger partial charge on any atom is 0.151 e. The Morgan fingerprint density at radius 1 is 1.12 bits per heavy atom. The van der Waals surface area contributed by atoms with Crippen LogP contribution in [-0.2, 0) is 9.53 Å². The molecule has 0 saturated heterocycles. The van der Waals surface area contributed by atoms with E-state index in [2.05, 4.69) is 0 Å². The predicted molar refractivity (Wildman–Crippen MR) is 54.5 cm³/mol. The van der Waals surface area contributed by atoms with Crippen molar-refractivity contribution in [3.05, 3.63) is 0 Å². The van der Waals surface area contributed by atoms with E-state index >= 15 is 0 Å². The maximum atomic E-state index is 10.2. The molecular weight excluding hydrogens is 218 g/mol. The molecule has 6 N–H and O–H groups in total. The lowest BCUT2D eigenvalue weighted by Crippen LogP contribution is -2.55. The lowest BCUT2D eigenvalue weighted by atomic mass is 9.96. The minimum absolute atomic E-state index is 0.0614. The number of carbonyl (C=O) groups excluding carboxylic acids is 1. The number of aliphatic hydroxyl groups is 4. The third kappa shape index (κ3) is 3.78. The molecule has 0 radical (unpaired) electrons. The van der Waals surface area contributed by atoms with Crippen LogP contribution in [0.1, 0.15) is 6.92 Å². The zero-order valence-corrected chi connectivity index (χ0v) is 9.22. The highest BCUT2D eigenvalue weighted by Gasteiger charge is 2.35. The van der Waals surface area contributed by atoms with Crippen molar-refractivity contribution in [2.45, 2.75) is 43.5 Å². The molecule has 0 aromatic heterocycles. The molecule has 96 valence electrons. The number of hydrogen-bond donors (Lipinski definition) is 5. The Hall–Kier alpha value is -0.570. The van der Waals surface area contributed by atoms with Gasteiger partial charge < -0.3 is 35.7 Å². The number of methoxy groups -OCH3 is 1. The summed E-state index contributed by atoms with van der Waals surface area (Å²) in [4.78, 5) is 10.2. The van der Waals surface area contributed by atoms with Crippen LogP contribution in [0, 0.1) is 0 Å². The van der Waals surface area contributed by atoms with Crippen molar-refractivity contribution in [1.29, 1.82) is 0 Å². The van der Waals surface area contributed by atoms with Crippen molar-refractivity contribution in [3.8, 4) is 0 Å². The van der Waals surface area contributed by atoms with E-state index in [4.69, 9.17) is 15.6 Å². The summed E-state index contributed by atoms with van der Waals surface area (Å²) in [7, 11) is 1.38. The third-order valence-corrected chi connectivity index (χ3v) is 2.50. The highest BCUT2D eigenvalue weighted by molar-refractivity contribution is 5.56. The molecule has 0 saturated carbocycles. The molecule has 0 aromatic carbocycles. The second-order valence-corrected chi connectivity index (χ2v) is 3.62. The van der Waals surface area contributed by atoms with E-state index in [1.165, 1.54) is 7.11 Å². The van der Waals surface area contributed by atoms with Gasteiger partial charge in [-0.1, -0.05) is 0 Å². The maximum absolute atomic E-state index is 10.2. The van der Waals surface area contributed by atoms with Gasteiger partial charge in [0.05, 0.1) is 12.1 Å². The van der Waals surface area contributed by atoms with Gasteiger partial charge in [0.1, 0.15) is 24.4 Å². The topological polar surface area (TPSA) is 133 Å². The van der Waals surface area contributed by atoms with Crippen LogP contribution in [-0.4, -0.2) is 70.4 Å². The van der Waals surface area contributed by atoms with E-state index in [1.54, 1.807) is 6.92 Å². The summed E-state index contributed by atoms with van der Waals surface area (Å²) in [5.74, 6) is 0. The Labute approximate surface area is 93.5 Å². The molecular formula is C9H19NO6. The number of aliphatic hydroxyl groups excluding tert-OH is 4. The zero-order valence-electron chi connectivity index (χ0n) is 9.22. The standard InChI is InChI=1S/C9H19NO6/c1-4(16-2)6(10)8(14)9(15)7(13)5(12)3-11/h3-9,12-15H,10H2,1-2H3/t4-,5+,6-,7-,8-,9-/m1/s1. The van der Waals surface area contributed by atoms with Gasteiger partial charge in [-0.3, -0.25) is 0 Å². The van der Waals surface area contributed by atoms with Crippen LogP contribution < -0.4 is 5.73 Å². The van der Waals surface area contributed by atoms with Crippen LogP contribution in [0.15, 0.2) is 0 Å². The first-order valence-corrected chi connectivity index (χ1v) is 4.82. The van der Waals surface area contributed by atoms with Gasteiger partial charge in [0.15, 0.2) is 6.29 Å². The van der Waals surface area contributed by atoms with Gasteiger partial charge in [-0.25, -0.2) is 0 Å². The Balaban J connectivity index is 4.47. The molecule has 0 spiro atoms. The molecule has 0 heterocycles. The zero-order chi connectivity index (χ0) is 12.9. The van der Waals surface area contributed by atoms with E-state index in [-0.39, 0.29) is 6.29 Å². The summed E-state index contributed by atoms with van der Waals surface area (Å²) in [6.45, 7) is 1.57. The van der Waals surface area contributed by atoms with Crippen molar-refractivity contribution in [3.63, 3.8) is 0 Å². The third-order valence-electron chi connectivity index (χ3n) is 2.50. The average molecular weight is 237 g/mol. The summed E-state index contributed by atoms with van der Waals surface area (Å²) in [5, 5.41) is 37.2. The average Bonchev–Trinajstić information content (AvgIpc) is 2.32. The number of hydrogen-bond acceptors (Lipinski definition) is 7. The van der Waals surface area contributed by atoms with Crippen molar-refractivity contribution in [2.75, 3.05) is 7.11 Å². The predicted octanol–water partition coefficient (Wildman–Crippen LogP) is -3.01. The summed E-state index contributed by atoms with van der Waals surface area (Å²) in [5.41, 5.74) is 5.54. The van der Waals surface area contributed by atoms with Gasteiger partial charge in [-0.05, 0) is 6.92 Å². The molecule has 0 bridgehead atoms. The highest BCUT2D eigenvalue weighted by Crippen LogP contribution is 2.10. The fraction of sp³-hybridized carbons (Fsp3) is 0.889. The summed E-state index contributed by atoms with van der Waals surface area (Å²) in [6, 6.07) is -0.950. The number of aldehydes is 1. The van der Waals surface area contributed by atoms with Crippen LogP contribution in [0.3, 0.4) is 0 Å². The Bertz CT molecular complexity index is 214. The second kappa shape index (κ2) is 6.89. The Morgan fingerprint density at radius 3 is 2.00 bits per heavy atom. The van der Waals surface area contributed by atoms with Crippen LogP contribution >= 0.6 is 0 Å². The largest absolute Gasteiger partial charge is 0.389 e. The molecule has 0 unspecified atom stereocenters. The summed E-state index contributed by atoms with van der Waals surface area (Å²) < 4.78 is 4.84. The van der Waals surface area contributed by atoms with Crippen LogP contribution in [0.25, 0.3) is 0 Å². The van der Waals surface area contributed by atoms with E-state index in [1.807, 2.05) is 0 Å². The van der Waals surface area contributed by atoms with Crippen LogP contribution in [0.2, 0.25) is 0 Å². The minimum atomic E-state index is -1.79. The summed E-state index contributed by atoms with van der Waals surface area (Å²) in [6.07, 6.45) is -7.29. The fourth-order valence-electron chi connectivity index (χ4n) is 1.15. The van der Waals surface area contributed by atoms with E-state index in [9.17, 15) is 20.1 Å². The Morgan fingerprint density at radius 2 is 1.62 bits per heavy atom. The molecule has 0 aliphatic carbocycles. The molecule has 0 rings (SSSR count). The van der Waals surface area contributed by atoms with Gasteiger partial charge in [0.25, 0.3) is 0 Å². The molecule has 0 amide bonds. The van der Waals surface area contributed by atoms with E-state index < -0.39 is 36.6 Å². The second-order valence-electron chi connectivity index (χ2n) is 3.62. The number of carbonyl (C=O) groups is 1. The van der Waals surface area contributed by atoms with Crippen molar-refractivity contribution < 1.29 is 30.0 Å². The first-order chi connectivity index (χ1) is 7.36. The molecule has 7 nitrogen and oxygen atoms in total. The van der Waals surface area contributed by atoms with Gasteiger partial charge in [0.2, 0.25) is 0 Å². The van der Waals surface area contributed by atoms with Gasteiger partial charge in [-0.15, -0.1) is 0 Å². The number of nitrogens with two attached hydrogens (primary N) is 1. The number of rotatable bonds is 7. The Kier molecular flexibility index (Phi) is 6.65. The molecule has 7 heteroatoms.